The highest BCUT2D eigenvalue weighted by atomic mass is 16.3. The zero-order chi connectivity index (χ0) is 84.9. The number of nitrogens with two attached hydrogens (primary N) is 2. The normalized spacial score (nSPS) is 11.7. The third-order valence-electron chi connectivity index (χ3n) is 20.7. The van der Waals surface area contributed by atoms with E-state index < -0.39 is 0 Å². The molecule has 0 amide bonds. The summed E-state index contributed by atoms with van der Waals surface area (Å²) in [5.74, 6) is 7.94. The third-order valence-corrected chi connectivity index (χ3v) is 20.7. The van der Waals surface area contributed by atoms with Gasteiger partial charge in [-0.3, -0.25) is 4.90 Å². The Balaban J connectivity index is 0.000000111. The highest BCUT2D eigenvalue weighted by molar-refractivity contribution is 5.97. The highest BCUT2D eigenvalue weighted by Gasteiger charge is 2.23. The lowest BCUT2D eigenvalue weighted by Gasteiger charge is -2.36. The van der Waals surface area contributed by atoms with E-state index in [9.17, 15) is 10.2 Å². The van der Waals surface area contributed by atoms with Crippen LogP contribution in [0.1, 0.15) is 5.56 Å². The van der Waals surface area contributed by atoms with Crippen molar-refractivity contribution in [3.05, 3.63) is 406 Å². The highest BCUT2D eigenvalue weighted by Crippen LogP contribution is 2.36. The Morgan fingerprint density at radius 1 is 0.256 bits per heavy atom. The van der Waals surface area contributed by atoms with Gasteiger partial charge in [0, 0.05) is 116 Å². The van der Waals surface area contributed by atoms with Crippen LogP contribution in [0.3, 0.4) is 0 Å². The number of hydrogen-bond donors (Lipinski definition) is 8. The molecule has 6 heterocycles. The average molecular weight is 1630 g/mol. The minimum absolute atomic E-state index is 0.182. The predicted octanol–water partition coefficient (Wildman–Crippen LogP) is 23.4. The molecule has 20 aromatic rings. The van der Waals surface area contributed by atoms with Gasteiger partial charge in [-0.2, -0.15) is 0 Å². The number of para-hydroxylation sites is 7. The second kappa shape index (κ2) is 38.9. The van der Waals surface area contributed by atoms with Crippen molar-refractivity contribution in [2.45, 2.75) is 6.54 Å². The van der Waals surface area contributed by atoms with Crippen LogP contribution in [-0.4, -0.2) is 91.1 Å². The molecule has 10 N–H and O–H groups in total. The molecule has 1 saturated heterocycles. The van der Waals surface area contributed by atoms with Gasteiger partial charge in [-0.25, -0.2) is 49.8 Å². The molecule has 125 heavy (non-hydrogen) atoms. The van der Waals surface area contributed by atoms with Crippen molar-refractivity contribution in [1.82, 2.24) is 54.7 Å². The first-order valence-corrected chi connectivity index (χ1v) is 41.0. The van der Waals surface area contributed by atoms with Gasteiger partial charge in [-0.1, -0.05) is 261 Å². The Morgan fingerprint density at radius 2 is 0.576 bits per heavy atom. The van der Waals surface area contributed by atoms with Gasteiger partial charge in [0.1, 0.15) is 40.6 Å². The SMILES string of the molecule is Nc1ccc(Nc2nc(-c3ccccc3)nc3ccccc23)cc1.Nc1cccc(Nc2nc(-c3ccccc3)nc3ccccc23)c1.Oc1ccc(Nc2nc(-c3ccccc3)nc3ccccc23)cc1.Oc1ccccc1Nc1nc(-c2ccccc2)nc2ccccc12.c1ccc(CN2CCN(c3nc(-c4ccccc4)nc4ccccc34)CC2)cc1. The van der Waals surface area contributed by atoms with Crippen LogP contribution in [0.5, 0.6) is 11.5 Å². The molecule has 1 aliphatic rings. The van der Waals surface area contributed by atoms with Crippen molar-refractivity contribution >= 4 is 118 Å². The number of anilines is 11. The summed E-state index contributed by atoms with van der Waals surface area (Å²) in [6.07, 6.45) is 0. The molecule has 21 rings (SSSR count). The molecule has 0 spiro atoms. The van der Waals surface area contributed by atoms with E-state index in [-0.39, 0.29) is 11.5 Å². The zero-order valence-corrected chi connectivity index (χ0v) is 68.1. The van der Waals surface area contributed by atoms with Crippen molar-refractivity contribution in [3.8, 4) is 68.4 Å². The second-order valence-corrected chi connectivity index (χ2v) is 29.4. The van der Waals surface area contributed by atoms with Gasteiger partial charge in [0.05, 0.1) is 33.3 Å². The summed E-state index contributed by atoms with van der Waals surface area (Å²) < 4.78 is 0. The molecule has 0 aliphatic carbocycles. The van der Waals surface area contributed by atoms with Crippen LogP contribution in [0.25, 0.3) is 111 Å². The number of nitrogens with zero attached hydrogens (tertiary/aromatic N) is 12. The van der Waals surface area contributed by atoms with E-state index in [1.54, 1.807) is 24.3 Å². The molecule has 0 unspecified atom stereocenters. The fourth-order valence-electron chi connectivity index (χ4n) is 14.4. The van der Waals surface area contributed by atoms with E-state index in [0.717, 1.165) is 167 Å². The summed E-state index contributed by atoms with van der Waals surface area (Å²) in [6.45, 7) is 5.03. The van der Waals surface area contributed by atoms with Gasteiger partial charge in [0.25, 0.3) is 0 Å². The number of benzene rings is 15. The van der Waals surface area contributed by atoms with E-state index in [2.05, 4.69) is 112 Å². The fraction of sp³-hybridized carbons (Fsp3) is 0.0476. The molecular formula is C105H86N18O2. The van der Waals surface area contributed by atoms with Crippen molar-refractivity contribution in [3.63, 3.8) is 0 Å². The number of piperazine rings is 1. The van der Waals surface area contributed by atoms with Gasteiger partial charge in [-0.05, 0) is 145 Å². The lowest BCUT2D eigenvalue weighted by Crippen LogP contribution is -2.46. The number of phenols is 2. The average Bonchev–Trinajstić information content (AvgIpc) is 0.763. The number of aromatic hydroxyl groups is 2. The molecule has 0 bridgehead atoms. The molecular weight excluding hydrogens is 1550 g/mol. The van der Waals surface area contributed by atoms with Crippen LogP contribution in [0.4, 0.5) is 63.2 Å². The molecule has 0 saturated carbocycles. The summed E-state index contributed by atoms with van der Waals surface area (Å²) in [5.41, 5.74) is 27.2. The summed E-state index contributed by atoms with van der Waals surface area (Å²) in [6, 6.07) is 130. The number of nitrogens with one attached hydrogen (secondary N) is 4. The van der Waals surface area contributed by atoms with Crippen LogP contribution in [0.2, 0.25) is 0 Å². The monoisotopic (exact) mass is 1630 g/mol. The van der Waals surface area contributed by atoms with Crippen molar-refractivity contribution in [1.29, 1.82) is 0 Å². The number of hydrogen-bond acceptors (Lipinski definition) is 20. The molecule has 15 aromatic carbocycles. The lowest BCUT2D eigenvalue weighted by atomic mass is 10.1. The van der Waals surface area contributed by atoms with Crippen LogP contribution in [0, 0.1) is 0 Å². The van der Waals surface area contributed by atoms with Gasteiger partial charge in [0.15, 0.2) is 29.1 Å². The number of rotatable bonds is 16. The first kappa shape index (κ1) is 80.6. The van der Waals surface area contributed by atoms with Crippen molar-refractivity contribution in [2.75, 3.05) is 63.8 Å². The Morgan fingerprint density at radius 3 is 0.968 bits per heavy atom. The largest absolute Gasteiger partial charge is 0.508 e. The molecule has 0 atom stereocenters. The zero-order valence-electron chi connectivity index (χ0n) is 68.1. The fourth-order valence-corrected chi connectivity index (χ4v) is 14.4. The van der Waals surface area contributed by atoms with Gasteiger partial charge >= 0.3 is 0 Å². The van der Waals surface area contributed by atoms with E-state index in [4.69, 9.17) is 41.4 Å². The Kier molecular flexibility index (Phi) is 25.1. The van der Waals surface area contributed by atoms with Crippen molar-refractivity contribution in [2.24, 2.45) is 0 Å². The number of fused-ring (bicyclic) bond motifs is 5. The summed E-state index contributed by atoms with van der Waals surface area (Å²) in [7, 11) is 0. The lowest BCUT2D eigenvalue weighted by molar-refractivity contribution is 0.249. The van der Waals surface area contributed by atoms with Crippen molar-refractivity contribution < 1.29 is 10.2 Å². The quantitative estimate of drug-likeness (QED) is 0.0254. The number of aromatic nitrogens is 10. The maximum Gasteiger partial charge on any atom is 0.162 e. The van der Waals surface area contributed by atoms with E-state index >= 15 is 0 Å². The van der Waals surface area contributed by atoms with Crippen LogP contribution < -0.4 is 37.6 Å². The van der Waals surface area contributed by atoms with Gasteiger partial charge < -0.3 is 47.8 Å². The number of nitrogen functional groups attached to an aromatic ring is 2. The minimum Gasteiger partial charge on any atom is -0.508 e. The smallest absolute Gasteiger partial charge is 0.162 e. The standard InChI is InChI=1S/C25H24N4.2C20H16N4.2C20H15N3O/c1-3-9-20(10-4-1)19-28-15-17-29(18-16-28)25-22-13-7-8-14-23(22)26-24(27-25)21-11-5-2-6-12-21;21-15-9-6-10-16(13-15)22-20-17-11-4-5-12-18(17)23-19(24-20)14-7-2-1-3-8-14;21-15-10-12-16(13-11-15)22-20-17-8-4-5-9-18(17)23-19(24-20)14-6-2-1-3-7-14;24-18-13-7-6-12-17(18)22-20-15-10-4-5-11-16(15)21-19(23-20)14-8-2-1-3-9-14;24-16-12-10-15(11-13-16)21-20-17-8-4-5-9-18(17)22-19(23-20)14-6-2-1-3-7-14/h1-14H,15-19H2;2*1-13H,21H2,(H,22,23,24);2*1-13,24H,(H,21,22,23). The summed E-state index contributed by atoms with van der Waals surface area (Å²) in [4.78, 5) is 52.3. The molecule has 1 aliphatic heterocycles. The molecule has 608 valence electrons. The van der Waals surface area contributed by atoms with E-state index in [1.807, 2.05) is 315 Å². The third kappa shape index (κ3) is 20.4. The summed E-state index contributed by atoms with van der Waals surface area (Å²) >= 11 is 0. The predicted molar refractivity (Wildman–Crippen MR) is 510 cm³/mol. The molecule has 20 heteroatoms. The topological polar surface area (TPSA) is 276 Å². The molecule has 1 fully saturated rings. The van der Waals surface area contributed by atoms with E-state index in [0.29, 0.717) is 40.5 Å². The van der Waals surface area contributed by atoms with Crippen LogP contribution >= 0.6 is 0 Å². The maximum atomic E-state index is 10.0. The maximum absolute atomic E-state index is 10.0. The molecule has 0 radical (unpaired) electrons. The Hall–Kier alpha value is -16.8. The molecule has 5 aromatic heterocycles. The van der Waals surface area contributed by atoms with Gasteiger partial charge in [0.2, 0.25) is 0 Å². The minimum atomic E-state index is 0.182. The molecule has 20 nitrogen and oxygen atoms in total. The van der Waals surface area contributed by atoms with Crippen LogP contribution in [-0.2, 0) is 6.54 Å². The second-order valence-electron chi connectivity index (χ2n) is 29.4. The summed E-state index contributed by atoms with van der Waals surface area (Å²) in [5, 5.41) is 37.7. The van der Waals surface area contributed by atoms with Crippen LogP contribution in [0.15, 0.2) is 400 Å². The Labute approximate surface area is 723 Å². The Bertz CT molecular complexity index is 6840. The van der Waals surface area contributed by atoms with Gasteiger partial charge in [-0.15, -0.1) is 0 Å². The first-order valence-electron chi connectivity index (χ1n) is 41.0. The van der Waals surface area contributed by atoms with E-state index in [1.165, 1.54) is 5.56 Å². The number of phenolic OH excluding ortho intramolecular Hbond substituents is 2. The first-order chi connectivity index (χ1) is 61.6.